The maximum atomic E-state index is 5.51. The molecule has 1 N–H and O–H groups in total. The largest absolute Gasteiger partial charge is 0.494 e. The SMILES string of the molecule is CCOc1ccc2nc(NCc3nc(C)cs3)sc2c1. The third-order valence-corrected chi connectivity index (χ3v) is 4.67. The highest BCUT2D eigenvalue weighted by Crippen LogP contribution is 2.29. The van der Waals surface area contributed by atoms with Crippen molar-refractivity contribution in [3.8, 4) is 5.75 Å². The molecule has 0 unspecified atom stereocenters. The molecule has 0 radical (unpaired) electrons. The number of nitrogens with zero attached hydrogens (tertiary/aromatic N) is 2. The van der Waals surface area contributed by atoms with E-state index in [1.807, 2.05) is 32.0 Å². The van der Waals surface area contributed by atoms with Gasteiger partial charge in [-0.25, -0.2) is 9.97 Å². The molecule has 2 heterocycles. The Balaban J connectivity index is 1.75. The van der Waals surface area contributed by atoms with Crippen LogP contribution in [0.1, 0.15) is 17.6 Å². The van der Waals surface area contributed by atoms with Crippen molar-refractivity contribution in [1.29, 1.82) is 0 Å². The number of benzene rings is 1. The summed E-state index contributed by atoms with van der Waals surface area (Å²) in [5, 5.41) is 7.39. The number of ether oxygens (including phenoxy) is 1. The molecule has 20 heavy (non-hydrogen) atoms. The Kier molecular flexibility index (Phi) is 3.84. The fourth-order valence-electron chi connectivity index (χ4n) is 1.87. The van der Waals surface area contributed by atoms with Gasteiger partial charge in [-0.15, -0.1) is 11.3 Å². The van der Waals surface area contributed by atoms with Gasteiger partial charge in [-0.05, 0) is 32.0 Å². The summed E-state index contributed by atoms with van der Waals surface area (Å²) in [7, 11) is 0. The first-order chi connectivity index (χ1) is 9.74. The van der Waals surface area contributed by atoms with E-state index in [0.29, 0.717) is 6.61 Å². The van der Waals surface area contributed by atoms with Crippen LogP contribution >= 0.6 is 22.7 Å². The summed E-state index contributed by atoms with van der Waals surface area (Å²) < 4.78 is 6.64. The van der Waals surface area contributed by atoms with E-state index in [-0.39, 0.29) is 0 Å². The molecule has 0 saturated carbocycles. The Labute approximate surface area is 125 Å². The zero-order valence-electron chi connectivity index (χ0n) is 11.3. The Morgan fingerprint density at radius 3 is 2.95 bits per heavy atom. The predicted molar refractivity (Wildman–Crippen MR) is 85.0 cm³/mol. The van der Waals surface area contributed by atoms with Crippen LogP contribution in [0.15, 0.2) is 23.6 Å². The van der Waals surface area contributed by atoms with Gasteiger partial charge in [0, 0.05) is 11.1 Å². The molecule has 0 spiro atoms. The van der Waals surface area contributed by atoms with Crippen LogP contribution in [0.3, 0.4) is 0 Å². The lowest BCUT2D eigenvalue weighted by molar-refractivity contribution is 0.341. The van der Waals surface area contributed by atoms with E-state index in [4.69, 9.17) is 4.74 Å². The van der Waals surface area contributed by atoms with Gasteiger partial charge in [-0.1, -0.05) is 11.3 Å². The second kappa shape index (κ2) is 5.76. The average molecular weight is 305 g/mol. The summed E-state index contributed by atoms with van der Waals surface area (Å²) in [6.45, 7) is 5.39. The van der Waals surface area contributed by atoms with Crippen molar-refractivity contribution in [2.75, 3.05) is 11.9 Å². The second-order valence-electron chi connectivity index (χ2n) is 4.32. The lowest BCUT2D eigenvalue weighted by atomic mass is 10.3. The molecule has 0 aliphatic carbocycles. The first-order valence-electron chi connectivity index (χ1n) is 6.43. The molecule has 2 aromatic heterocycles. The van der Waals surface area contributed by atoms with Gasteiger partial charge in [0.25, 0.3) is 0 Å². The van der Waals surface area contributed by atoms with Gasteiger partial charge < -0.3 is 10.1 Å². The number of fused-ring (bicyclic) bond motifs is 1. The zero-order valence-corrected chi connectivity index (χ0v) is 13.0. The van der Waals surface area contributed by atoms with Crippen LogP contribution in [0.25, 0.3) is 10.2 Å². The minimum absolute atomic E-state index is 0.679. The van der Waals surface area contributed by atoms with Crippen LogP contribution in [0.4, 0.5) is 5.13 Å². The molecule has 0 aliphatic heterocycles. The predicted octanol–water partition coefficient (Wildman–Crippen LogP) is 4.07. The smallest absolute Gasteiger partial charge is 0.184 e. The summed E-state index contributed by atoms with van der Waals surface area (Å²) in [5.41, 5.74) is 2.06. The lowest BCUT2D eigenvalue weighted by Crippen LogP contribution is -1.98. The second-order valence-corrected chi connectivity index (χ2v) is 6.29. The van der Waals surface area contributed by atoms with Crippen molar-refractivity contribution in [2.24, 2.45) is 0 Å². The molecule has 0 saturated heterocycles. The molecule has 0 fully saturated rings. The number of aryl methyl sites for hydroxylation is 1. The first kappa shape index (κ1) is 13.3. The first-order valence-corrected chi connectivity index (χ1v) is 8.12. The van der Waals surface area contributed by atoms with E-state index in [0.717, 1.165) is 38.3 Å². The van der Waals surface area contributed by atoms with E-state index < -0.39 is 0 Å². The number of hydrogen-bond donors (Lipinski definition) is 1. The number of hydrogen-bond acceptors (Lipinski definition) is 6. The molecule has 6 heteroatoms. The Morgan fingerprint density at radius 2 is 2.20 bits per heavy atom. The number of aromatic nitrogens is 2. The average Bonchev–Trinajstić information content (AvgIpc) is 3.02. The van der Waals surface area contributed by atoms with Gasteiger partial charge in [0.15, 0.2) is 5.13 Å². The van der Waals surface area contributed by atoms with Crippen LogP contribution in [-0.4, -0.2) is 16.6 Å². The van der Waals surface area contributed by atoms with Crippen LogP contribution < -0.4 is 10.1 Å². The van der Waals surface area contributed by atoms with Gasteiger partial charge in [0.2, 0.25) is 0 Å². The molecule has 3 rings (SSSR count). The van der Waals surface area contributed by atoms with Crippen molar-refractivity contribution in [1.82, 2.24) is 9.97 Å². The molecule has 0 amide bonds. The third kappa shape index (κ3) is 2.91. The quantitative estimate of drug-likeness (QED) is 0.772. The standard InChI is InChI=1S/C14H15N3OS2/c1-3-18-10-4-5-11-12(6-10)20-14(17-11)15-7-13-16-9(2)8-19-13/h4-6,8H,3,7H2,1-2H3,(H,15,17). The highest BCUT2D eigenvalue weighted by Gasteiger charge is 2.06. The van der Waals surface area contributed by atoms with Gasteiger partial charge >= 0.3 is 0 Å². The Bertz CT molecular complexity index is 720. The molecule has 3 aromatic rings. The fourth-order valence-corrected chi connectivity index (χ4v) is 3.47. The monoisotopic (exact) mass is 305 g/mol. The maximum Gasteiger partial charge on any atom is 0.184 e. The summed E-state index contributed by atoms with van der Waals surface area (Å²) in [4.78, 5) is 9.00. The van der Waals surface area contributed by atoms with Crippen molar-refractivity contribution in [3.05, 3.63) is 34.3 Å². The Morgan fingerprint density at radius 1 is 1.30 bits per heavy atom. The van der Waals surface area contributed by atoms with Gasteiger partial charge in [0.1, 0.15) is 10.8 Å². The van der Waals surface area contributed by atoms with Crippen LogP contribution in [0.2, 0.25) is 0 Å². The number of thiazole rings is 2. The molecule has 4 nitrogen and oxygen atoms in total. The lowest BCUT2D eigenvalue weighted by Gasteiger charge is -2.00. The van der Waals surface area contributed by atoms with E-state index in [9.17, 15) is 0 Å². The normalized spacial score (nSPS) is 10.9. The van der Waals surface area contributed by atoms with Crippen molar-refractivity contribution in [2.45, 2.75) is 20.4 Å². The number of nitrogens with one attached hydrogen (secondary N) is 1. The summed E-state index contributed by atoms with van der Waals surface area (Å²) >= 11 is 3.31. The molecular weight excluding hydrogens is 290 g/mol. The molecule has 0 bridgehead atoms. The number of rotatable bonds is 5. The van der Waals surface area contributed by atoms with Crippen LogP contribution in [0, 0.1) is 6.92 Å². The zero-order chi connectivity index (χ0) is 13.9. The number of anilines is 1. The summed E-state index contributed by atoms with van der Waals surface area (Å²) in [5.74, 6) is 0.894. The molecule has 0 aliphatic rings. The Hall–Kier alpha value is -1.66. The third-order valence-electron chi connectivity index (χ3n) is 2.73. The van der Waals surface area contributed by atoms with E-state index >= 15 is 0 Å². The van der Waals surface area contributed by atoms with Crippen LogP contribution in [-0.2, 0) is 6.54 Å². The van der Waals surface area contributed by atoms with Crippen molar-refractivity contribution >= 4 is 38.0 Å². The van der Waals surface area contributed by atoms with Crippen molar-refractivity contribution < 1.29 is 4.74 Å². The minimum Gasteiger partial charge on any atom is -0.494 e. The van der Waals surface area contributed by atoms with E-state index in [1.165, 1.54) is 0 Å². The summed E-state index contributed by atoms with van der Waals surface area (Å²) in [6.07, 6.45) is 0. The fraction of sp³-hybridized carbons (Fsp3) is 0.286. The van der Waals surface area contributed by atoms with Crippen molar-refractivity contribution in [3.63, 3.8) is 0 Å². The highest BCUT2D eigenvalue weighted by molar-refractivity contribution is 7.22. The van der Waals surface area contributed by atoms with E-state index in [1.54, 1.807) is 22.7 Å². The van der Waals surface area contributed by atoms with Gasteiger partial charge in [-0.3, -0.25) is 0 Å². The molecule has 1 aromatic carbocycles. The molecular formula is C14H15N3OS2. The van der Waals surface area contributed by atoms with Gasteiger partial charge in [-0.2, -0.15) is 0 Å². The minimum atomic E-state index is 0.679. The van der Waals surface area contributed by atoms with Gasteiger partial charge in [0.05, 0.1) is 23.4 Å². The maximum absolute atomic E-state index is 5.51. The topological polar surface area (TPSA) is 47.0 Å². The summed E-state index contributed by atoms with van der Waals surface area (Å²) in [6, 6.07) is 5.99. The molecule has 0 atom stereocenters. The van der Waals surface area contributed by atoms with Crippen LogP contribution in [0.5, 0.6) is 5.75 Å². The van der Waals surface area contributed by atoms with E-state index in [2.05, 4.69) is 20.7 Å². The highest BCUT2D eigenvalue weighted by atomic mass is 32.1. The molecule has 104 valence electrons.